The van der Waals surface area contributed by atoms with Crippen LogP contribution in [-0.4, -0.2) is 51.6 Å². The van der Waals surface area contributed by atoms with E-state index in [1.807, 2.05) is 0 Å². The summed E-state index contributed by atoms with van der Waals surface area (Å²) in [6, 6.07) is 19.0. The topological polar surface area (TPSA) is 127 Å². The van der Waals surface area contributed by atoms with Crippen molar-refractivity contribution in [1.29, 1.82) is 0 Å². The van der Waals surface area contributed by atoms with E-state index >= 15 is 0 Å². The first-order valence-corrected chi connectivity index (χ1v) is 16.1. The predicted octanol–water partition coefficient (Wildman–Crippen LogP) is 6.33. The number of ether oxygens (including phenoxy) is 6. The average Bonchev–Trinajstić information content (AvgIpc) is 3.73. The number of hydrogen-bond acceptors (Lipinski definition) is 10. The molecule has 45 heavy (non-hydrogen) atoms. The summed E-state index contributed by atoms with van der Waals surface area (Å²) >= 11 is 0. The summed E-state index contributed by atoms with van der Waals surface area (Å²) in [5.74, 6) is 1.91. The van der Waals surface area contributed by atoms with E-state index in [1.54, 1.807) is 66.7 Å². The number of nitrogens with zero attached hydrogens (tertiary/aromatic N) is 2. The van der Waals surface area contributed by atoms with Gasteiger partial charge in [-0.15, -0.1) is 0 Å². The number of para-hydroxylation sites is 2. The highest BCUT2D eigenvalue weighted by molar-refractivity contribution is 7.92. The minimum absolute atomic E-state index is 0.0276. The predicted molar refractivity (Wildman–Crippen MR) is 167 cm³/mol. The maximum absolute atomic E-state index is 13.8. The van der Waals surface area contributed by atoms with Crippen LogP contribution in [0.1, 0.15) is 39.2 Å². The van der Waals surface area contributed by atoms with E-state index in [-0.39, 0.29) is 53.1 Å². The van der Waals surface area contributed by atoms with Gasteiger partial charge < -0.3 is 28.4 Å². The molecule has 11 nitrogen and oxygen atoms in total. The van der Waals surface area contributed by atoms with Crippen LogP contribution in [0.15, 0.2) is 71.6 Å². The van der Waals surface area contributed by atoms with Gasteiger partial charge in [-0.25, -0.2) is 13.4 Å². The van der Waals surface area contributed by atoms with Gasteiger partial charge in [0.05, 0.1) is 18.1 Å². The molecule has 1 atom stereocenters. The third kappa shape index (κ3) is 6.76. The number of sulfonamides is 1. The Balaban J connectivity index is 1.46. The number of benzene rings is 3. The van der Waals surface area contributed by atoms with Crippen molar-refractivity contribution < 1.29 is 36.8 Å². The molecule has 1 N–H and O–H groups in total. The second kappa shape index (κ2) is 12.4. The monoisotopic (exact) mass is 633 g/mol. The van der Waals surface area contributed by atoms with Crippen LogP contribution < -0.4 is 28.4 Å². The van der Waals surface area contributed by atoms with Crippen molar-refractivity contribution in [2.45, 2.75) is 50.0 Å². The molecule has 2 aliphatic heterocycles. The van der Waals surface area contributed by atoms with E-state index in [1.165, 1.54) is 7.11 Å². The van der Waals surface area contributed by atoms with Gasteiger partial charge in [0.2, 0.25) is 12.5 Å². The third-order valence-electron chi connectivity index (χ3n) is 7.44. The van der Waals surface area contributed by atoms with E-state index in [2.05, 4.69) is 30.5 Å². The molecule has 0 radical (unpaired) electrons. The van der Waals surface area contributed by atoms with Crippen LogP contribution in [0.2, 0.25) is 0 Å². The summed E-state index contributed by atoms with van der Waals surface area (Å²) in [6.45, 7) is 7.11. The average molecular weight is 634 g/mol. The lowest BCUT2D eigenvalue weighted by Crippen LogP contribution is -2.19. The number of rotatable bonds is 10. The van der Waals surface area contributed by atoms with Crippen LogP contribution in [0.5, 0.6) is 34.6 Å². The van der Waals surface area contributed by atoms with Crippen LogP contribution in [0.4, 0.5) is 5.82 Å². The zero-order valence-electron chi connectivity index (χ0n) is 25.5. The van der Waals surface area contributed by atoms with Crippen molar-refractivity contribution in [3.05, 3.63) is 72.3 Å². The summed E-state index contributed by atoms with van der Waals surface area (Å²) in [5, 5.41) is 0. The largest absolute Gasteiger partial charge is 0.493 e. The second-order valence-corrected chi connectivity index (χ2v) is 13.4. The number of nitrogens with one attached hydrogen (secondary N) is 1. The Bertz CT molecular complexity index is 1780. The fourth-order valence-electron chi connectivity index (χ4n) is 4.93. The molecule has 3 heterocycles. The first-order valence-electron chi connectivity index (χ1n) is 14.6. The van der Waals surface area contributed by atoms with E-state index < -0.39 is 10.0 Å². The van der Waals surface area contributed by atoms with Crippen LogP contribution in [0, 0.1) is 0 Å². The highest BCUT2D eigenvalue weighted by atomic mass is 32.2. The molecule has 6 rings (SSSR count). The molecule has 0 spiro atoms. The van der Waals surface area contributed by atoms with Gasteiger partial charge in [0, 0.05) is 12.2 Å². The Morgan fingerprint density at radius 3 is 2.42 bits per heavy atom. The minimum Gasteiger partial charge on any atom is -0.493 e. The lowest BCUT2D eigenvalue weighted by molar-refractivity contribution is 0.0654. The molecule has 1 unspecified atom stereocenters. The molecular formula is C33H35N3O8S. The SMILES string of the molecule is COc1ccccc1Oc1c(NS(=O)(=O)c2ccc(C(C)(C)C)cc2)nc(-c2ccc3c(c2)OCO3)nc1OCC1CCCO1. The molecule has 3 aromatic carbocycles. The van der Waals surface area contributed by atoms with Crippen molar-refractivity contribution in [2.24, 2.45) is 0 Å². The normalized spacial score (nSPS) is 16.0. The van der Waals surface area contributed by atoms with Gasteiger partial charge in [-0.3, -0.25) is 4.72 Å². The third-order valence-corrected chi connectivity index (χ3v) is 8.79. The molecule has 1 fully saturated rings. The van der Waals surface area contributed by atoms with Crippen LogP contribution in [0.25, 0.3) is 11.4 Å². The molecular weight excluding hydrogens is 598 g/mol. The molecule has 4 aromatic rings. The quantitative estimate of drug-likeness (QED) is 0.212. The fourth-order valence-corrected chi connectivity index (χ4v) is 5.94. The summed E-state index contributed by atoms with van der Waals surface area (Å²) in [5.41, 5.74) is 1.41. The number of fused-ring (bicyclic) bond motifs is 1. The van der Waals surface area contributed by atoms with E-state index in [0.29, 0.717) is 35.2 Å². The molecule has 12 heteroatoms. The Morgan fingerprint density at radius 2 is 1.71 bits per heavy atom. The molecule has 0 saturated carbocycles. The molecule has 0 amide bonds. The van der Waals surface area contributed by atoms with Crippen molar-refractivity contribution in [3.63, 3.8) is 0 Å². The molecule has 1 aromatic heterocycles. The highest BCUT2D eigenvalue weighted by Gasteiger charge is 2.28. The van der Waals surface area contributed by atoms with Crippen molar-refractivity contribution >= 4 is 15.8 Å². The smallest absolute Gasteiger partial charge is 0.263 e. The standard InChI is InChI=1S/C33H35N3O8S/c1-33(2,3)22-12-14-24(15-13-22)45(37,38)36-31-29(44-27-10-6-5-9-25(27)39-4)32(41-19-23-8-7-17-40-23)35-30(34-31)21-11-16-26-28(18-21)43-20-42-26/h5-6,9-16,18,23H,7-8,17,19-20H2,1-4H3,(H,34,35,36). The lowest BCUT2D eigenvalue weighted by atomic mass is 9.87. The van der Waals surface area contributed by atoms with Crippen LogP contribution >= 0.6 is 0 Å². The number of hydrogen-bond donors (Lipinski definition) is 1. The Labute approximate surface area is 262 Å². The zero-order chi connectivity index (χ0) is 31.6. The molecule has 1 saturated heterocycles. The first kappa shape index (κ1) is 30.5. The molecule has 2 aliphatic rings. The molecule has 0 bridgehead atoms. The number of methoxy groups -OCH3 is 1. The summed E-state index contributed by atoms with van der Waals surface area (Å²) in [4.78, 5) is 9.41. The minimum atomic E-state index is -4.14. The summed E-state index contributed by atoms with van der Waals surface area (Å²) < 4.78 is 65.1. The van der Waals surface area contributed by atoms with Gasteiger partial charge in [-0.2, -0.15) is 4.98 Å². The van der Waals surface area contributed by atoms with Gasteiger partial charge >= 0.3 is 0 Å². The summed E-state index contributed by atoms with van der Waals surface area (Å²) in [6.07, 6.45) is 1.60. The Morgan fingerprint density at radius 1 is 0.956 bits per heavy atom. The fraction of sp³-hybridized carbons (Fsp3) is 0.333. The zero-order valence-corrected chi connectivity index (χ0v) is 26.3. The second-order valence-electron chi connectivity index (χ2n) is 11.7. The Hall–Kier alpha value is -4.55. The van der Waals surface area contributed by atoms with Gasteiger partial charge in [-0.05, 0) is 66.3 Å². The van der Waals surface area contributed by atoms with Crippen molar-refractivity contribution in [1.82, 2.24) is 9.97 Å². The first-order chi connectivity index (χ1) is 21.6. The van der Waals surface area contributed by atoms with Crippen LogP contribution in [-0.2, 0) is 20.2 Å². The highest BCUT2D eigenvalue weighted by Crippen LogP contribution is 2.43. The molecule has 236 valence electrons. The van der Waals surface area contributed by atoms with Crippen molar-refractivity contribution in [2.75, 3.05) is 31.8 Å². The molecule has 0 aliphatic carbocycles. The van der Waals surface area contributed by atoms with Gasteiger partial charge in [0.25, 0.3) is 15.9 Å². The van der Waals surface area contributed by atoms with Gasteiger partial charge in [-0.1, -0.05) is 45.0 Å². The summed E-state index contributed by atoms with van der Waals surface area (Å²) in [7, 11) is -2.62. The Kier molecular flexibility index (Phi) is 8.43. The lowest BCUT2D eigenvalue weighted by Gasteiger charge is -2.20. The van der Waals surface area contributed by atoms with Gasteiger partial charge in [0.15, 0.2) is 34.6 Å². The maximum Gasteiger partial charge on any atom is 0.263 e. The van der Waals surface area contributed by atoms with E-state index in [0.717, 1.165) is 18.4 Å². The van der Waals surface area contributed by atoms with Crippen LogP contribution in [0.3, 0.4) is 0 Å². The van der Waals surface area contributed by atoms with Crippen molar-refractivity contribution in [3.8, 4) is 46.0 Å². The van der Waals surface area contributed by atoms with E-state index in [9.17, 15) is 8.42 Å². The number of anilines is 1. The van der Waals surface area contributed by atoms with Gasteiger partial charge in [0.1, 0.15) is 6.61 Å². The number of aromatic nitrogens is 2. The maximum atomic E-state index is 13.8. The van der Waals surface area contributed by atoms with E-state index in [4.69, 9.17) is 33.4 Å².